The first kappa shape index (κ1) is 21.5. The smallest absolute Gasteiger partial charge is 0.271 e. The fraction of sp³-hybridized carbons (Fsp3) is 0.615. The van der Waals surface area contributed by atoms with Crippen LogP contribution in [0.15, 0.2) is 24.3 Å². The predicted octanol–water partition coefficient (Wildman–Crippen LogP) is 3.88. The van der Waals surface area contributed by atoms with Crippen molar-refractivity contribution < 1.29 is 9.59 Å². The second kappa shape index (κ2) is 8.54. The molecule has 0 spiro atoms. The Morgan fingerprint density at radius 1 is 1.12 bits per heavy atom. The van der Waals surface area contributed by atoms with E-state index in [0.717, 1.165) is 42.3 Å². The first-order valence-electron chi connectivity index (χ1n) is 12.4. The normalized spacial score (nSPS) is 24.6. The van der Waals surface area contributed by atoms with Gasteiger partial charge in [-0.1, -0.05) is 31.0 Å². The van der Waals surface area contributed by atoms with E-state index in [1.165, 1.54) is 19.3 Å². The molecule has 2 atom stereocenters. The van der Waals surface area contributed by atoms with Crippen molar-refractivity contribution in [3.05, 3.63) is 35.5 Å². The third-order valence-corrected chi connectivity index (χ3v) is 7.97. The average molecular weight is 437 g/mol. The standard InChI is InChI=1S/C26H36N4O2/c1-17(2)28-14-8-11-20(28)15-27-25(31)23-16-29(19-9-4-5-10-19)26(32)24-18(3)21-12-6-7-13-22(21)30(23)24/h6-7,12-13,17,19-20,23H,4-5,8-11,14-16H2,1-3H3,(H,27,31)/t20-,23?/m0/s1. The molecule has 172 valence electrons. The minimum Gasteiger partial charge on any atom is -0.353 e. The fourth-order valence-electron chi connectivity index (χ4n) is 6.33. The molecule has 1 saturated heterocycles. The lowest BCUT2D eigenvalue weighted by molar-refractivity contribution is -0.125. The number of aromatic nitrogens is 1. The third kappa shape index (κ3) is 3.53. The number of hydrogen-bond acceptors (Lipinski definition) is 3. The van der Waals surface area contributed by atoms with Gasteiger partial charge < -0.3 is 14.8 Å². The highest BCUT2D eigenvalue weighted by Crippen LogP contribution is 2.36. The van der Waals surface area contributed by atoms with Crippen LogP contribution in [0.3, 0.4) is 0 Å². The first-order chi connectivity index (χ1) is 15.5. The third-order valence-electron chi connectivity index (χ3n) is 7.97. The van der Waals surface area contributed by atoms with Crippen LogP contribution in [0.5, 0.6) is 0 Å². The molecule has 3 aliphatic rings. The van der Waals surface area contributed by atoms with Crippen LogP contribution in [0, 0.1) is 6.92 Å². The van der Waals surface area contributed by atoms with E-state index in [-0.39, 0.29) is 23.9 Å². The lowest BCUT2D eigenvalue weighted by Gasteiger charge is -2.38. The first-order valence-corrected chi connectivity index (χ1v) is 12.4. The summed E-state index contributed by atoms with van der Waals surface area (Å²) in [6.45, 7) is 8.74. The Bertz CT molecular complexity index is 1020. The summed E-state index contributed by atoms with van der Waals surface area (Å²) in [6, 6.07) is 8.89. The molecule has 1 aromatic heterocycles. The number of para-hydroxylation sites is 1. The van der Waals surface area contributed by atoms with Crippen LogP contribution in [0.2, 0.25) is 0 Å². The number of fused-ring (bicyclic) bond motifs is 3. The topological polar surface area (TPSA) is 57.6 Å². The van der Waals surface area contributed by atoms with Crippen molar-refractivity contribution in [1.29, 1.82) is 0 Å². The molecule has 1 unspecified atom stereocenters. The molecule has 32 heavy (non-hydrogen) atoms. The Morgan fingerprint density at radius 3 is 2.62 bits per heavy atom. The van der Waals surface area contributed by atoms with Gasteiger partial charge in [-0.15, -0.1) is 0 Å². The number of carbonyl (C=O) groups is 2. The lowest BCUT2D eigenvalue weighted by atomic mass is 10.1. The minimum atomic E-state index is -0.379. The summed E-state index contributed by atoms with van der Waals surface area (Å²) in [6.07, 6.45) is 6.75. The Hall–Kier alpha value is -2.34. The quantitative estimate of drug-likeness (QED) is 0.774. The summed E-state index contributed by atoms with van der Waals surface area (Å²) in [5.41, 5.74) is 2.69. The number of carbonyl (C=O) groups excluding carboxylic acids is 2. The van der Waals surface area contributed by atoms with Crippen molar-refractivity contribution in [2.45, 2.75) is 83.5 Å². The molecule has 1 saturated carbocycles. The fourth-order valence-corrected chi connectivity index (χ4v) is 6.33. The van der Waals surface area contributed by atoms with Gasteiger partial charge in [0.1, 0.15) is 11.7 Å². The van der Waals surface area contributed by atoms with Gasteiger partial charge in [0, 0.05) is 35.6 Å². The molecule has 1 aromatic carbocycles. The van der Waals surface area contributed by atoms with Crippen molar-refractivity contribution in [3.8, 4) is 0 Å². The molecule has 6 nitrogen and oxygen atoms in total. The van der Waals surface area contributed by atoms with Gasteiger partial charge in [0.15, 0.2) is 0 Å². The highest BCUT2D eigenvalue weighted by molar-refractivity contribution is 6.04. The number of rotatable bonds is 5. The van der Waals surface area contributed by atoms with E-state index >= 15 is 0 Å². The van der Waals surface area contributed by atoms with Crippen molar-refractivity contribution in [2.75, 3.05) is 19.6 Å². The molecule has 3 heterocycles. The molecule has 1 aliphatic carbocycles. The highest BCUT2D eigenvalue weighted by atomic mass is 16.2. The van der Waals surface area contributed by atoms with Crippen molar-refractivity contribution in [2.24, 2.45) is 0 Å². The molecule has 2 amide bonds. The van der Waals surface area contributed by atoms with Crippen LogP contribution in [0.25, 0.3) is 10.9 Å². The van der Waals surface area contributed by atoms with Gasteiger partial charge in [-0.2, -0.15) is 0 Å². The molecule has 0 bridgehead atoms. The largest absolute Gasteiger partial charge is 0.353 e. The SMILES string of the molecule is Cc1c2n(c3ccccc13)C(C(=O)NC[C@@H]1CCCN1C(C)C)CN(C1CCCC1)C2=O. The summed E-state index contributed by atoms with van der Waals surface area (Å²) in [7, 11) is 0. The maximum Gasteiger partial charge on any atom is 0.271 e. The monoisotopic (exact) mass is 436 g/mol. The minimum absolute atomic E-state index is 0.0399. The molecular weight excluding hydrogens is 400 g/mol. The zero-order chi connectivity index (χ0) is 22.4. The summed E-state index contributed by atoms with van der Waals surface area (Å²) in [5, 5.41) is 4.35. The van der Waals surface area contributed by atoms with Crippen LogP contribution in [0.1, 0.15) is 74.5 Å². The summed E-state index contributed by atoms with van der Waals surface area (Å²) in [4.78, 5) is 31.7. The Kier molecular flexibility index (Phi) is 5.74. The molecular formula is C26H36N4O2. The molecule has 2 aromatic rings. The average Bonchev–Trinajstić information content (AvgIpc) is 3.53. The van der Waals surface area contributed by atoms with Gasteiger partial charge in [0.2, 0.25) is 5.91 Å². The van der Waals surface area contributed by atoms with Crippen LogP contribution >= 0.6 is 0 Å². The Balaban J connectivity index is 1.47. The van der Waals surface area contributed by atoms with E-state index in [1.54, 1.807) is 0 Å². The number of likely N-dealkylation sites (tertiary alicyclic amines) is 1. The van der Waals surface area contributed by atoms with Crippen LogP contribution < -0.4 is 5.32 Å². The number of nitrogens with one attached hydrogen (secondary N) is 1. The number of benzene rings is 1. The van der Waals surface area contributed by atoms with Gasteiger partial charge in [-0.05, 0) is 64.6 Å². The predicted molar refractivity (Wildman–Crippen MR) is 127 cm³/mol. The van der Waals surface area contributed by atoms with Crippen LogP contribution in [-0.4, -0.2) is 63.9 Å². The molecule has 5 rings (SSSR count). The Morgan fingerprint density at radius 2 is 1.88 bits per heavy atom. The van der Waals surface area contributed by atoms with Gasteiger partial charge in [0.25, 0.3) is 5.91 Å². The maximum atomic E-state index is 13.6. The van der Waals surface area contributed by atoms with Gasteiger partial charge in [-0.25, -0.2) is 0 Å². The number of hydrogen-bond donors (Lipinski definition) is 1. The molecule has 1 N–H and O–H groups in total. The van der Waals surface area contributed by atoms with Crippen LogP contribution in [0.4, 0.5) is 0 Å². The van der Waals surface area contributed by atoms with E-state index < -0.39 is 0 Å². The van der Waals surface area contributed by atoms with Gasteiger partial charge >= 0.3 is 0 Å². The van der Waals surface area contributed by atoms with Gasteiger partial charge in [0.05, 0.1) is 6.54 Å². The van der Waals surface area contributed by atoms with E-state index in [1.807, 2.05) is 34.6 Å². The zero-order valence-electron chi connectivity index (χ0n) is 19.6. The highest BCUT2D eigenvalue weighted by Gasteiger charge is 2.41. The van der Waals surface area contributed by atoms with E-state index in [9.17, 15) is 9.59 Å². The maximum absolute atomic E-state index is 13.6. The van der Waals surface area contributed by atoms with Crippen molar-refractivity contribution >= 4 is 22.7 Å². The number of nitrogens with zero attached hydrogens (tertiary/aromatic N) is 3. The van der Waals surface area contributed by atoms with Crippen LogP contribution in [-0.2, 0) is 4.79 Å². The number of amides is 2. The van der Waals surface area contributed by atoms with Crippen molar-refractivity contribution in [3.63, 3.8) is 0 Å². The Labute approximate surface area is 190 Å². The summed E-state index contributed by atoms with van der Waals surface area (Å²) in [5.74, 6) is 0.134. The molecule has 2 aliphatic heterocycles. The van der Waals surface area contributed by atoms with Crippen molar-refractivity contribution in [1.82, 2.24) is 19.7 Å². The summed E-state index contributed by atoms with van der Waals surface area (Å²) >= 11 is 0. The van der Waals surface area contributed by atoms with E-state index in [0.29, 0.717) is 30.9 Å². The second-order valence-corrected chi connectivity index (χ2v) is 10.1. The second-order valence-electron chi connectivity index (χ2n) is 10.1. The van der Waals surface area contributed by atoms with Gasteiger partial charge in [-0.3, -0.25) is 14.5 Å². The molecule has 0 radical (unpaired) electrons. The molecule has 6 heteroatoms. The summed E-state index contributed by atoms with van der Waals surface area (Å²) < 4.78 is 2.03. The van der Waals surface area contributed by atoms with E-state index in [4.69, 9.17) is 0 Å². The number of aryl methyl sites for hydroxylation is 1. The lowest BCUT2D eigenvalue weighted by Crippen LogP contribution is -2.52. The zero-order valence-corrected chi connectivity index (χ0v) is 19.6. The van der Waals surface area contributed by atoms with E-state index in [2.05, 4.69) is 30.1 Å². The molecule has 2 fully saturated rings.